The molecule has 2 heterocycles. The van der Waals surface area contributed by atoms with E-state index in [-0.39, 0.29) is 31.3 Å². The molecule has 1 saturated heterocycles. The predicted molar refractivity (Wildman–Crippen MR) is 115 cm³/mol. The summed E-state index contributed by atoms with van der Waals surface area (Å²) in [6, 6.07) is 3.68. The normalized spacial score (nSPS) is 19.7. The Labute approximate surface area is 177 Å². The van der Waals surface area contributed by atoms with Crippen LogP contribution in [0, 0.1) is 6.92 Å². The number of carbonyl (C=O) groups excluding carboxylic acids is 2. The Bertz CT molecular complexity index is 942. The van der Waals surface area contributed by atoms with Crippen LogP contribution in [0.1, 0.15) is 36.8 Å². The number of methoxy groups -OCH3 is 1. The van der Waals surface area contributed by atoms with Crippen LogP contribution in [-0.4, -0.2) is 66.9 Å². The van der Waals surface area contributed by atoms with Gasteiger partial charge in [-0.3, -0.25) is 9.69 Å². The summed E-state index contributed by atoms with van der Waals surface area (Å²) in [4.78, 5) is 27.7. The molecular formula is C22H31N3O5. The minimum atomic E-state index is -0.416. The summed E-state index contributed by atoms with van der Waals surface area (Å²) >= 11 is 0. The van der Waals surface area contributed by atoms with Crippen molar-refractivity contribution in [2.75, 3.05) is 38.7 Å². The van der Waals surface area contributed by atoms with Gasteiger partial charge in [0.2, 0.25) is 5.91 Å². The second-order valence-corrected chi connectivity index (χ2v) is 7.78. The Morgan fingerprint density at radius 1 is 1.23 bits per heavy atom. The Kier molecular flexibility index (Phi) is 6.67. The van der Waals surface area contributed by atoms with Gasteiger partial charge in [-0.05, 0) is 39.8 Å². The molecule has 2 aromatic rings. The molecule has 0 unspecified atom stereocenters. The first kappa shape index (κ1) is 22.1. The van der Waals surface area contributed by atoms with Crippen LogP contribution in [0.2, 0.25) is 0 Å². The molecule has 1 amide bonds. The Balaban J connectivity index is 1.98. The Morgan fingerprint density at radius 3 is 2.50 bits per heavy atom. The number of hydrogen-bond acceptors (Lipinski definition) is 6. The van der Waals surface area contributed by atoms with Gasteiger partial charge in [0.15, 0.2) is 0 Å². The van der Waals surface area contributed by atoms with Gasteiger partial charge in [0.05, 0.1) is 49.2 Å². The lowest BCUT2D eigenvalue weighted by molar-refractivity contribution is -0.121. The van der Waals surface area contributed by atoms with Crippen LogP contribution >= 0.6 is 0 Å². The highest BCUT2D eigenvalue weighted by Gasteiger charge is 2.27. The van der Waals surface area contributed by atoms with E-state index in [1.54, 1.807) is 20.1 Å². The molecule has 0 saturated carbocycles. The third-order valence-corrected chi connectivity index (χ3v) is 5.45. The SMILES string of the molecule is CCOC(=O)c1c(C)n(C)c2ccc(OC)c(NC(=O)CN3C[C@H](C)O[C@@H](C)C3)c12. The quantitative estimate of drug-likeness (QED) is 0.728. The van der Waals surface area contributed by atoms with E-state index >= 15 is 0 Å². The highest BCUT2D eigenvalue weighted by atomic mass is 16.5. The summed E-state index contributed by atoms with van der Waals surface area (Å²) in [5, 5.41) is 3.62. The number of carbonyl (C=O) groups is 2. The fourth-order valence-corrected chi connectivity index (χ4v) is 4.18. The first-order valence-electron chi connectivity index (χ1n) is 10.3. The number of rotatable bonds is 6. The highest BCUT2D eigenvalue weighted by molar-refractivity contribution is 6.14. The molecule has 1 aliphatic rings. The maximum Gasteiger partial charge on any atom is 0.340 e. The van der Waals surface area contributed by atoms with E-state index in [4.69, 9.17) is 14.2 Å². The summed E-state index contributed by atoms with van der Waals surface area (Å²) in [6.07, 6.45) is 0.151. The van der Waals surface area contributed by atoms with Gasteiger partial charge in [-0.25, -0.2) is 4.79 Å². The summed E-state index contributed by atoms with van der Waals surface area (Å²) in [5.74, 6) is -0.0886. The Morgan fingerprint density at radius 2 is 1.90 bits per heavy atom. The summed E-state index contributed by atoms with van der Waals surface area (Å²) in [5.41, 5.74) is 2.52. The molecule has 0 aliphatic carbocycles. The largest absolute Gasteiger partial charge is 0.495 e. The zero-order valence-electron chi connectivity index (χ0n) is 18.6. The molecule has 1 aliphatic heterocycles. The molecular weight excluding hydrogens is 386 g/mol. The number of nitrogens with zero attached hydrogens (tertiary/aromatic N) is 2. The van der Waals surface area contributed by atoms with Crippen LogP contribution in [0.4, 0.5) is 5.69 Å². The van der Waals surface area contributed by atoms with Gasteiger partial charge in [-0.15, -0.1) is 0 Å². The molecule has 164 valence electrons. The summed E-state index contributed by atoms with van der Waals surface area (Å²) in [6.45, 7) is 9.53. The number of hydrogen-bond donors (Lipinski definition) is 1. The zero-order chi connectivity index (χ0) is 22.0. The van der Waals surface area contributed by atoms with Gasteiger partial charge < -0.3 is 24.1 Å². The number of nitrogens with one attached hydrogen (secondary N) is 1. The van der Waals surface area contributed by atoms with Crippen molar-refractivity contribution in [3.63, 3.8) is 0 Å². The number of aryl methyl sites for hydroxylation is 1. The van der Waals surface area contributed by atoms with Crippen molar-refractivity contribution < 1.29 is 23.8 Å². The van der Waals surface area contributed by atoms with Crippen molar-refractivity contribution in [3.8, 4) is 5.75 Å². The van der Waals surface area contributed by atoms with Crippen LogP contribution < -0.4 is 10.1 Å². The van der Waals surface area contributed by atoms with E-state index in [2.05, 4.69) is 10.2 Å². The number of ether oxygens (including phenoxy) is 3. The predicted octanol–water partition coefficient (Wildman–Crippen LogP) is 2.72. The van der Waals surface area contributed by atoms with Gasteiger partial charge in [0.25, 0.3) is 0 Å². The van der Waals surface area contributed by atoms with Crippen molar-refractivity contribution in [2.24, 2.45) is 7.05 Å². The Hall–Kier alpha value is -2.58. The summed E-state index contributed by atoms with van der Waals surface area (Å²) < 4.78 is 18.5. The maximum absolute atomic E-state index is 12.9. The van der Waals surface area contributed by atoms with E-state index in [0.717, 1.165) is 11.2 Å². The molecule has 1 aromatic carbocycles. The van der Waals surface area contributed by atoms with Crippen LogP contribution in [0.25, 0.3) is 10.9 Å². The molecule has 8 nitrogen and oxygen atoms in total. The second-order valence-electron chi connectivity index (χ2n) is 7.78. The fraction of sp³-hybridized carbons (Fsp3) is 0.545. The maximum atomic E-state index is 12.9. The van der Waals surface area contributed by atoms with Crippen molar-refractivity contribution in [1.29, 1.82) is 0 Å². The molecule has 1 fully saturated rings. The van der Waals surface area contributed by atoms with Crippen LogP contribution in [-0.2, 0) is 21.3 Å². The highest BCUT2D eigenvalue weighted by Crippen LogP contribution is 2.38. The second kappa shape index (κ2) is 9.06. The number of fused-ring (bicyclic) bond motifs is 1. The first-order valence-corrected chi connectivity index (χ1v) is 10.3. The first-order chi connectivity index (χ1) is 14.3. The minimum absolute atomic E-state index is 0.0757. The summed E-state index contributed by atoms with van der Waals surface area (Å²) in [7, 11) is 3.43. The number of benzene rings is 1. The fourth-order valence-electron chi connectivity index (χ4n) is 4.18. The molecule has 1 aromatic heterocycles. The average molecular weight is 418 g/mol. The van der Waals surface area contributed by atoms with Crippen molar-refractivity contribution in [2.45, 2.75) is 39.9 Å². The number of morpholine rings is 1. The molecule has 0 radical (unpaired) electrons. The lowest BCUT2D eigenvalue weighted by Gasteiger charge is -2.34. The van der Waals surface area contributed by atoms with Crippen LogP contribution in [0.15, 0.2) is 12.1 Å². The van der Waals surface area contributed by atoms with Crippen molar-refractivity contribution in [1.82, 2.24) is 9.47 Å². The van der Waals surface area contributed by atoms with E-state index in [0.29, 0.717) is 35.5 Å². The number of esters is 1. The molecule has 3 rings (SSSR count). The molecule has 1 N–H and O–H groups in total. The molecule has 0 spiro atoms. The van der Waals surface area contributed by atoms with E-state index < -0.39 is 5.97 Å². The minimum Gasteiger partial charge on any atom is -0.495 e. The van der Waals surface area contributed by atoms with E-state index in [1.165, 1.54) is 0 Å². The average Bonchev–Trinajstić information content (AvgIpc) is 2.92. The van der Waals surface area contributed by atoms with Gasteiger partial charge in [0.1, 0.15) is 5.75 Å². The van der Waals surface area contributed by atoms with E-state index in [1.807, 2.05) is 38.5 Å². The third-order valence-electron chi connectivity index (χ3n) is 5.45. The smallest absolute Gasteiger partial charge is 0.340 e. The number of aromatic nitrogens is 1. The number of amides is 1. The molecule has 0 bridgehead atoms. The lowest BCUT2D eigenvalue weighted by Crippen LogP contribution is -2.48. The number of anilines is 1. The van der Waals surface area contributed by atoms with Crippen LogP contribution in [0.3, 0.4) is 0 Å². The van der Waals surface area contributed by atoms with Gasteiger partial charge in [0, 0.05) is 31.2 Å². The molecule has 2 atom stereocenters. The molecule has 30 heavy (non-hydrogen) atoms. The lowest BCUT2D eigenvalue weighted by atomic mass is 10.1. The zero-order valence-corrected chi connectivity index (χ0v) is 18.6. The van der Waals surface area contributed by atoms with Gasteiger partial charge in [-0.1, -0.05) is 0 Å². The van der Waals surface area contributed by atoms with Crippen molar-refractivity contribution in [3.05, 3.63) is 23.4 Å². The topological polar surface area (TPSA) is 82.0 Å². The third kappa shape index (κ3) is 4.29. The van der Waals surface area contributed by atoms with Gasteiger partial charge >= 0.3 is 5.97 Å². The van der Waals surface area contributed by atoms with Crippen molar-refractivity contribution >= 4 is 28.5 Å². The van der Waals surface area contributed by atoms with Crippen LogP contribution in [0.5, 0.6) is 5.75 Å². The van der Waals surface area contributed by atoms with Gasteiger partial charge in [-0.2, -0.15) is 0 Å². The standard InChI is InChI=1S/C22H31N3O5/c1-7-29-22(27)19-15(4)24(5)16-8-9-17(28-6)21(20(16)19)23-18(26)12-25-10-13(2)30-14(3)11-25/h8-9,13-14H,7,10-12H2,1-6H3,(H,23,26)/t13-,14-/m0/s1. The van der Waals surface area contributed by atoms with E-state index in [9.17, 15) is 9.59 Å². The monoisotopic (exact) mass is 417 g/mol. The molecule has 8 heteroatoms.